The van der Waals surface area contributed by atoms with Crippen LogP contribution in [0, 0.1) is 0 Å². The fourth-order valence-electron chi connectivity index (χ4n) is 3.63. The zero-order valence-electron chi connectivity index (χ0n) is 19.9. The second-order valence-electron chi connectivity index (χ2n) is 8.06. The van der Waals surface area contributed by atoms with Gasteiger partial charge in [-0.05, 0) is 20.8 Å². The smallest absolute Gasteiger partial charge is 0.410 e. The van der Waals surface area contributed by atoms with E-state index in [1.165, 1.54) is 7.11 Å². The molecule has 0 bridgehead atoms. The van der Waals surface area contributed by atoms with E-state index in [9.17, 15) is 9.35 Å². The molecular formula is C22H37N3O6S. The highest BCUT2D eigenvalue weighted by Gasteiger charge is 2.29. The summed E-state index contributed by atoms with van der Waals surface area (Å²) in [5.41, 5.74) is 0. The molecule has 2 heterocycles. The van der Waals surface area contributed by atoms with Crippen molar-refractivity contribution < 1.29 is 28.3 Å². The molecule has 0 radical (unpaired) electrons. The lowest BCUT2D eigenvalue weighted by molar-refractivity contribution is 0.0223. The largest absolute Gasteiger partial charge is 0.598 e. The van der Waals surface area contributed by atoms with Crippen LogP contribution in [0.25, 0.3) is 0 Å². The van der Waals surface area contributed by atoms with Crippen LogP contribution in [-0.4, -0.2) is 83.9 Å². The van der Waals surface area contributed by atoms with Gasteiger partial charge in [-0.3, -0.25) is 0 Å². The van der Waals surface area contributed by atoms with Crippen LogP contribution < -0.4 is 0 Å². The number of aliphatic imine (C=N–C) groups is 1. The monoisotopic (exact) mass is 471 g/mol. The van der Waals surface area contributed by atoms with Gasteiger partial charge in [0.25, 0.3) is 5.88 Å². The Labute approximate surface area is 194 Å². The third-order valence-corrected chi connectivity index (χ3v) is 6.38. The minimum Gasteiger partial charge on any atom is -0.598 e. The first-order chi connectivity index (χ1) is 15.2. The minimum absolute atomic E-state index is 0.0329. The van der Waals surface area contributed by atoms with Crippen molar-refractivity contribution in [2.24, 2.45) is 4.99 Å². The fourth-order valence-corrected chi connectivity index (χ4v) is 4.36. The molecule has 2 rings (SSSR count). The molecule has 9 nitrogen and oxygen atoms in total. The molecule has 2 fully saturated rings. The average Bonchev–Trinajstić information content (AvgIpc) is 2.74. The zero-order valence-corrected chi connectivity index (χ0v) is 20.7. The highest BCUT2D eigenvalue weighted by atomic mass is 32.2. The van der Waals surface area contributed by atoms with E-state index in [1.54, 1.807) is 24.3 Å². The van der Waals surface area contributed by atoms with Gasteiger partial charge in [0.2, 0.25) is 5.76 Å². The predicted octanol–water partition coefficient (Wildman–Crippen LogP) is 3.21. The molecule has 2 aliphatic heterocycles. The van der Waals surface area contributed by atoms with Gasteiger partial charge in [-0.15, -0.1) is 4.31 Å². The molecule has 2 aliphatic rings. The minimum atomic E-state index is -0.964. The van der Waals surface area contributed by atoms with E-state index in [1.807, 2.05) is 18.2 Å². The highest BCUT2D eigenvalue weighted by molar-refractivity contribution is 7.88. The topological polar surface area (TPSA) is 95.9 Å². The summed E-state index contributed by atoms with van der Waals surface area (Å²) < 4.78 is 36.6. The second kappa shape index (κ2) is 13.0. The Morgan fingerprint density at radius 2 is 1.69 bits per heavy atom. The van der Waals surface area contributed by atoms with E-state index in [0.29, 0.717) is 56.4 Å². The first kappa shape index (κ1) is 26.3. The van der Waals surface area contributed by atoms with Crippen molar-refractivity contribution in [1.82, 2.24) is 9.21 Å². The second-order valence-corrected chi connectivity index (χ2v) is 9.42. The molecule has 0 aromatic carbocycles. The third kappa shape index (κ3) is 7.90. The SMILES string of the molecule is C=C(OC1CCN([S+](C)[O-])CC1)/C(OC)=C(\N=C/C)OC1CCN(C(=O)OC(C)C)CC1. The Hall–Kier alpha value is -1.91. The number of piperidine rings is 2. The molecule has 0 spiro atoms. The van der Waals surface area contributed by atoms with E-state index < -0.39 is 11.4 Å². The summed E-state index contributed by atoms with van der Waals surface area (Å²) in [6.45, 7) is 12.0. The van der Waals surface area contributed by atoms with Gasteiger partial charge in [0.1, 0.15) is 18.5 Å². The van der Waals surface area contributed by atoms with Gasteiger partial charge in [-0.25, -0.2) is 9.79 Å². The summed E-state index contributed by atoms with van der Waals surface area (Å²) in [5.74, 6) is 1.03. The number of ether oxygens (including phenoxy) is 4. The van der Waals surface area contributed by atoms with Crippen molar-refractivity contribution in [3.8, 4) is 0 Å². The number of nitrogens with zero attached hydrogens (tertiary/aromatic N) is 3. The van der Waals surface area contributed by atoms with Crippen LogP contribution in [0.4, 0.5) is 4.79 Å². The maximum Gasteiger partial charge on any atom is 0.410 e. The van der Waals surface area contributed by atoms with Crippen LogP contribution in [0.15, 0.2) is 29.0 Å². The van der Waals surface area contributed by atoms with E-state index in [0.717, 1.165) is 12.8 Å². The maximum atomic E-state index is 12.1. The third-order valence-electron chi connectivity index (χ3n) is 5.29. The maximum absolute atomic E-state index is 12.1. The van der Waals surface area contributed by atoms with Crippen LogP contribution in [0.1, 0.15) is 46.5 Å². The van der Waals surface area contributed by atoms with E-state index in [-0.39, 0.29) is 24.4 Å². The van der Waals surface area contributed by atoms with Crippen molar-refractivity contribution in [2.45, 2.75) is 64.8 Å². The number of hydrogen-bond donors (Lipinski definition) is 0. The fraction of sp³-hybridized carbons (Fsp3) is 0.727. The van der Waals surface area contributed by atoms with Gasteiger partial charge >= 0.3 is 6.09 Å². The Balaban J connectivity index is 1.96. The molecule has 0 N–H and O–H groups in total. The average molecular weight is 472 g/mol. The Morgan fingerprint density at radius 1 is 1.12 bits per heavy atom. The molecule has 1 atom stereocenters. The Morgan fingerprint density at radius 3 is 2.19 bits per heavy atom. The molecule has 32 heavy (non-hydrogen) atoms. The van der Waals surface area contributed by atoms with Crippen LogP contribution in [0.3, 0.4) is 0 Å². The van der Waals surface area contributed by atoms with Crippen molar-refractivity contribution in [3.05, 3.63) is 24.0 Å². The molecule has 1 unspecified atom stereocenters. The van der Waals surface area contributed by atoms with E-state index in [2.05, 4.69) is 11.6 Å². The number of methoxy groups -OCH3 is 1. The number of rotatable bonds is 9. The van der Waals surface area contributed by atoms with E-state index >= 15 is 0 Å². The van der Waals surface area contributed by atoms with Crippen LogP contribution in [0.5, 0.6) is 0 Å². The number of hydrogen-bond acceptors (Lipinski definition) is 8. The summed E-state index contributed by atoms with van der Waals surface area (Å²) in [7, 11) is 1.53. The lowest BCUT2D eigenvalue weighted by Gasteiger charge is -2.32. The summed E-state index contributed by atoms with van der Waals surface area (Å²) in [6, 6.07) is 0. The molecule has 2 saturated heterocycles. The van der Waals surface area contributed by atoms with Crippen molar-refractivity contribution in [2.75, 3.05) is 39.5 Å². The molecule has 0 saturated carbocycles. The molecule has 10 heteroatoms. The Bertz CT molecular complexity index is 681. The lowest BCUT2D eigenvalue weighted by atomic mass is 10.1. The first-order valence-corrected chi connectivity index (χ1v) is 12.6. The van der Waals surface area contributed by atoms with Crippen LogP contribution in [0.2, 0.25) is 0 Å². The first-order valence-electron chi connectivity index (χ1n) is 11.1. The van der Waals surface area contributed by atoms with Gasteiger partial charge in [-0.2, -0.15) is 0 Å². The molecule has 1 amide bonds. The van der Waals surface area contributed by atoms with Gasteiger partial charge < -0.3 is 28.4 Å². The number of likely N-dealkylation sites (tertiary alicyclic amines) is 1. The summed E-state index contributed by atoms with van der Waals surface area (Å²) in [6.07, 6.45) is 5.57. The Kier molecular flexibility index (Phi) is 10.7. The summed E-state index contributed by atoms with van der Waals surface area (Å²) >= 11 is -0.964. The van der Waals surface area contributed by atoms with Crippen molar-refractivity contribution in [3.63, 3.8) is 0 Å². The predicted molar refractivity (Wildman–Crippen MR) is 124 cm³/mol. The van der Waals surface area contributed by atoms with Crippen LogP contribution in [-0.2, 0) is 30.3 Å². The molecular weight excluding hydrogens is 434 g/mol. The van der Waals surface area contributed by atoms with Crippen molar-refractivity contribution >= 4 is 23.7 Å². The van der Waals surface area contributed by atoms with Gasteiger partial charge in [0.05, 0.1) is 13.2 Å². The highest BCUT2D eigenvalue weighted by Crippen LogP contribution is 2.26. The zero-order chi connectivity index (χ0) is 23.7. The standard InChI is InChI=1S/C22H37N3O6S/c1-7-23-21(31-19-8-12-24(13-9-19)22(26)29-16(2)3)20(28-5)17(4)30-18-10-14-25(15-11-18)32(6)27/h7,16,18-19H,4,8-15H2,1-3,5-6H3/b21-20-,23-7-. The summed E-state index contributed by atoms with van der Waals surface area (Å²) in [4.78, 5) is 18.1. The molecule has 0 aromatic heterocycles. The quantitative estimate of drug-likeness (QED) is 0.220. The van der Waals surface area contributed by atoms with Gasteiger partial charge in [0, 0.05) is 69.4 Å². The number of carbonyl (C=O) groups excluding carboxylic acids is 1. The number of amides is 1. The molecule has 182 valence electrons. The van der Waals surface area contributed by atoms with Crippen LogP contribution >= 0.6 is 0 Å². The van der Waals surface area contributed by atoms with Gasteiger partial charge in [0.15, 0.2) is 5.76 Å². The molecule has 0 aromatic rings. The lowest BCUT2D eigenvalue weighted by Crippen LogP contribution is -2.41. The summed E-state index contributed by atoms with van der Waals surface area (Å²) in [5, 5.41) is 0. The number of carbonyl (C=O) groups is 1. The normalized spacial score (nSPS) is 20.8. The van der Waals surface area contributed by atoms with E-state index in [4.69, 9.17) is 18.9 Å². The van der Waals surface area contributed by atoms with Crippen molar-refractivity contribution in [1.29, 1.82) is 0 Å². The molecule has 0 aliphatic carbocycles. The van der Waals surface area contributed by atoms with Gasteiger partial charge in [-0.1, -0.05) is 6.58 Å².